The summed E-state index contributed by atoms with van der Waals surface area (Å²) in [5.74, 6) is 2.24. The van der Waals surface area contributed by atoms with Gasteiger partial charge in [0.05, 0.1) is 43.8 Å². The molecule has 0 amide bonds. The van der Waals surface area contributed by atoms with Crippen LogP contribution in [0.4, 0.5) is 5.82 Å². The van der Waals surface area contributed by atoms with Crippen LogP contribution in [0.2, 0.25) is 0 Å². The first-order valence-electron chi connectivity index (χ1n) is 10.6. The zero-order valence-corrected chi connectivity index (χ0v) is 17.2. The number of ether oxygens (including phenoxy) is 3. The minimum atomic E-state index is 0.145. The summed E-state index contributed by atoms with van der Waals surface area (Å²) >= 11 is 0. The maximum atomic E-state index is 6.48. The van der Waals surface area contributed by atoms with Crippen LogP contribution in [0.25, 0.3) is 10.9 Å². The number of hydrogen-bond donors (Lipinski definition) is 0. The first kappa shape index (κ1) is 19.1. The molecule has 0 N–H and O–H groups in total. The van der Waals surface area contributed by atoms with Gasteiger partial charge in [0.25, 0.3) is 0 Å². The minimum Gasteiger partial charge on any atom is -0.495 e. The third-order valence-electron chi connectivity index (χ3n) is 6.05. The second-order valence-corrected chi connectivity index (χ2v) is 7.89. The molecule has 8 nitrogen and oxygen atoms in total. The molecule has 0 bridgehead atoms. The largest absolute Gasteiger partial charge is 0.495 e. The van der Waals surface area contributed by atoms with E-state index in [-0.39, 0.29) is 6.10 Å². The zero-order valence-electron chi connectivity index (χ0n) is 17.2. The van der Waals surface area contributed by atoms with Gasteiger partial charge < -0.3 is 23.7 Å². The Kier molecular flexibility index (Phi) is 5.40. The van der Waals surface area contributed by atoms with Crippen molar-refractivity contribution in [2.24, 2.45) is 0 Å². The molecule has 5 rings (SSSR count). The van der Waals surface area contributed by atoms with E-state index in [0.29, 0.717) is 30.9 Å². The van der Waals surface area contributed by atoms with Crippen molar-refractivity contribution >= 4 is 16.7 Å². The molecule has 30 heavy (non-hydrogen) atoms. The monoisotopic (exact) mass is 409 g/mol. The Morgan fingerprint density at radius 3 is 2.67 bits per heavy atom. The number of pyridine rings is 2. The third kappa shape index (κ3) is 3.92. The Bertz CT molecular complexity index is 980. The van der Waals surface area contributed by atoms with E-state index in [4.69, 9.17) is 19.2 Å². The lowest BCUT2D eigenvalue weighted by atomic mass is 9.93. The smallest absolute Gasteiger partial charge is 0.225 e. The Hall–Kier alpha value is -2.87. The summed E-state index contributed by atoms with van der Waals surface area (Å²) in [6.07, 6.45) is 11.8. The molecule has 0 aromatic carbocycles. The molecular formula is C22H27N5O3. The fourth-order valence-corrected chi connectivity index (χ4v) is 4.32. The van der Waals surface area contributed by atoms with Gasteiger partial charge in [0.2, 0.25) is 5.88 Å². The van der Waals surface area contributed by atoms with E-state index < -0.39 is 0 Å². The van der Waals surface area contributed by atoms with Gasteiger partial charge >= 0.3 is 0 Å². The van der Waals surface area contributed by atoms with Crippen molar-refractivity contribution in [1.82, 2.24) is 19.5 Å². The van der Waals surface area contributed by atoms with Crippen LogP contribution in [0.3, 0.4) is 0 Å². The van der Waals surface area contributed by atoms with Gasteiger partial charge in [-0.1, -0.05) is 0 Å². The van der Waals surface area contributed by atoms with Gasteiger partial charge in [0.1, 0.15) is 17.7 Å². The number of hydrogen-bond acceptors (Lipinski definition) is 7. The maximum Gasteiger partial charge on any atom is 0.225 e. The van der Waals surface area contributed by atoms with Crippen LogP contribution in [-0.2, 0) is 4.74 Å². The topological polar surface area (TPSA) is 74.5 Å². The van der Waals surface area contributed by atoms with Gasteiger partial charge in [-0.2, -0.15) is 4.98 Å². The average Bonchev–Trinajstić information content (AvgIpc) is 3.35. The highest BCUT2D eigenvalue weighted by molar-refractivity contribution is 5.87. The number of imidazole rings is 1. The van der Waals surface area contributed by atoms with E-state index >= 15 is 0 Å². The van der Waals surface area contributed by atoms with Crippen molar-refractivity contribution in [1.29, 1.82) is 0 Å². The Balaban J connectivity index is 1.40. The molecule has 1 saturated carbocycles. The minimum absolute atomic E-state index is 0.145. The average molecular weight is 409 g/mol. The lowest BCUT2D eigenvalue weighted by Gasteiger charge is -2.31. The van der Waals surface area contributed by atoms with Crippen LogP contribution in [0.5, 0.6) is 11.6 Å². The van der Waals surface area contributed by atoms with Gasteiger partial charge in [-0.3, -0.25) is 4.98 Å². The van der Waals surface area contributed by atoms with Crippen molar-refractivity contribution in [2.75, 3.05) is 38.3 Å². The molecule has 3 aromatic heterocycles. The van der Waals surface area contributed by atoms with Crippen LogP contribution in [0.15, 0.2) is 37.1 Å². The number of rotatable bonds is 5. The maximum absolute atomic E-state index is 6.48. The highest BCUT2D eigenvalue weighted by Crippen LogP contribution is 2.34. The SMILES string of the molecule is COc1cnc2cc(N3CCOCC3)nc(O[C@H]3CC[C@@H](n4ccnc4)CC3)c2c1. The zero-order chi connectivity index (χ0) is 20.3. The Morgan fingerprint density at radius 2 is 1.93 bits per heavy atom. The quantitative estimate of drug-likeness (QED) is 0.640. The molecule has 0 radical (unpaired) electrons. The van der Waals surface area contributed by atoms with Gasteiger partial charge in [-0.05, 0) is 31.7 Å². The predicted octanol–water partition coefficient (Wildman–Crippen LogP) is 3.23. The highest BCUT2D eigenvalue weighted by Gasteiger charge is 2.25. The molecule has 158 valence electrons. The molecule has 2 fully saturated rings. The molecule has 4 heterocycles. The van der Waals surface area contributed by atoms with Gasteiger partial charge in [0.15, 0.2) is 0 Å². The van der Waals surface area contributed by atoms with Crippen LogP contribution in [-0.4, -0.2) is 59.0 Å². The van der Waals surface area contributed by atoms with E-state index in [0.717, 1.165) is 55.5 Å². The standard InChI is InChI=1S/C22H27N5O3/c1-28-18-12-19-20(24-14-18)13-21(26-8-10-29-11-9-26)25-22(19)30-17-4-2-16(3-5-17)27-7-6-23-15-27/h6-7,12-17H,2-5,8-11H2,1H3/t16-,17+. The number of nitrogens with zero attached hydrogens (tertiary/aromatic N) is 5. The summed E-state index contributed by atoms with van der Waals surface area (Å²) in [7, 11) is 1.65. The summed E-state index contributed by atoms with van der Waals surface area (Å²) in [5.41, 5.74) is 0.870. The molecule has 0 spiro atoms. The van der Waals surface area contributed by atoms with Crippen molar-refractivity contribution < 1.29 is 14.2 Å². The number of aromatic nitrogens is 4. The molecule has 1 saturated heterocycles. The van der Waals surface area contributed by atoms with Crippen LogP contribution in [0, 0.1) is 0 Å². The van der Waals surface area contributed by atoms with Gasteiger partial charge in [0, 0.05) is 37.6 Å². The molecule has 8 heteroatoms. The van der Waals surface area contributed by atoms with Crippen LogP contribution < -0.4 is 14.4 Å². The lowest BCUT2D eigenvalue weighted by molar-refractivity contribution is 0.121. The van der Waals surface area contributed by atoms with E-state index in [2.05, 4.69) is 19.4 Å². The lowest BCUT2D eigenvalue weighted by Crippen LogP contribution is -2.36. The Labute approximate surface area is 175 Å². The fourth-order valence-electron chi connectivity index (χ4n) is 4.32. The van der Waals surface area contributed by atoms with E-state index in [9.17, 15) is 0 Å². The normalized spacial score (nSPS) is 22.2. The van der Waals surface area contributed by atoms with Gasteiger partial charge in [-0.25, -0.2) is 4.98 Å². The van der Waals surface area contributed by atoms with Crippen molar-refractivity contribution in [3.05, 3.63) is 37.1 Å². The summed E-state index contributed by atoms with van der Waals surface area (Å²) in [6, 6.07) is 4.49. The van der Waals surface area contributed by atoms with Gasteiger partial charge in [-0.15, -0.1) is 0 Å². The third-order valence-corrected chi connectivity index (χ3v) is 6.05. The summed E-state index contributed by atoms with van der Waals surface area (Å²) in [4.78, 5) is 15.9. The van der Waals surface area contributed by atoms with E-state index in [1.807, 2.05) is 30.9 Å². The Morgan fingerprint density at radius 1 is 1.10 bits per heavy atom. The fraction of sp³-hybridized carbons (Fsp3) is 0.500. The second kappa shape index (κ2) is 8.47. The predicted molar refractivity (Wildman–Crippen MR) is 113 cm³/mol. The molecule has 3 aromatic rings. The van der Waals surface area contributed by atoms with Crippen molar-refractivity contribution in [3.8, 4) is 11.6 Å². The molecule has 1 aliphatic carbocycles. The summed E-state index contributed by atoms with van der Waals surface area (Å²) in [6.45, 7) is 3.07. The molecule has 2 aliphatic rings. The molecule has 1 aliphatic heterocycles. The highest BCUT2D eigenvalue weighted by atomic mass is 16.5. The summed E-state index contributed by atoms with van der Waals surface area (Å²) in [5, 5.41) is 0.892. The first-order valence-corrected chi connectivity index (χ1v) is 10.6. The number of morpholine rings is 1. The molecular weight excluding hydrogens is 382 g/mol. The van der Waals surface area contributed by atoms with Crippen molar-refractivity contribution in [3.63, 3.8) is 0 Å². The first-order chi connectivity index (χ1) is 14.8. The molecule has 0 unspecified atom stereocenters. The van der Waals surface area contributed by atoms with E-state index in [1.165, 1.54) is 0 Å². The number of methoxy groups -OCH3 is 1. The number of fused-ring (bicyclic) bond motifs is 1. The van der Waals surface area contributed by atoms with E-state index in [1.54, 1.807) is 13.3 Å². The van der Waals surface area contributed by atoms with Crippen LogP contribution >= 0.6 is 0 Å². The molecule has 0 atom stereocenters. The van der Waals surface area contributed by atoms with Crippen molar-refractivity contribution in [2.45, 2.75) is 37.8 Å². The summed E-state index contributed by atoms with van der Waals surface area (Å²) < 4.78 is 19.6. The second-order valence-electron chi connectivity index (χ2n) is 7.89. The van der Waals surface area contributed by atoms with Crippen LogP contribution in [0.1, 0.15) is 31.7 Å². The number of anilines is 1.